The van der Waals surface area contributed by atoms with Crippen LogP contribution in [0.4, 0.5) is 0 Å². The summed E-state index contributed by atoms with van der Waals surface area (Å²) in [6.07, 6.45) is 2.78. The number of ether oxygens (including phenoxy) is 1. The molecule has 0 amide bonds. The predicted molar refractivity (Wildman–Crippen MR) is 56.5 cm³/mol. The summed E-state index contributed by atoms with van der Waals surface area (Å²) in [4.78, 5) is 25.6. The molecule has 0 unspecified atom stereocenters. The molecular formula is C10H11N3O3. The minimum Gasteiger partial charge on any atom is -0.462 e. The number of aromatic nitrogens is 3. The number of aromatic amines is 1. The average molecular weight is 227 g/mol. The van der Waals surface area contributed by atoms with Gasteiger partial charge in [-0.3, -0.25) is 4.79 Å². The number of H-pyrrole nitrogens is 1. The van der Waals surface area contributed by atoms with Gasteiger partial charge in [-0.2, -0.15) is 5.10 Å². The molecule has 6 heteroatoms. The van der Waals surface area contributed by atoms with Crippen LogP contribution in [-0.2, 0) is 4.74 Å². The lowest BCUT2D eigenvalue weighted by molar-refractivity contribution is 0.0525. The van der Waals surface area contributed by atoms with E-state index in [1.807, 2.05) is 0 Å². The highest BCUT2D eigenvalue weighted by Gasteiger charge is 2.17. The largest absolute Gasteiger partial charge is 0.462 e. The van der Waals surface area contributed by atoms with Crippen molar-refractivity contribution >= 4 is 11.5 Å². The third-order valence-electron chi connectivity index (χ3n) is 2.33. The lowest BCUT2D eigenvalue weighted by Crippen LogP contribution is -2.10. The average Bonchev–Trinajstić information content (AvgIpc) is 2.58. The van der Waals surface area contributed by atoms with Gasteiger partial charge in [0, 0.05) is 6.20 Å². The fourth-order valence-corrected chi connectivity index (χ4v) is 1.58. The highest BCUT2D eigenvalue weighted by atomic mass is 16.6. The van der Waals surface area contributed by atoms with Crippen LogP contribution in [-0.4, -0.2) is 27.2 Å². The zero-order valence-electron chi connectivity index (χ0n) is 8.98. The molecule has 1 N–H and O–H groups in total. The molecule has 0 saturated carbocycles. The Morgan fingerprint density at radius 3 is 3.00 bits per heavy atom. The van der Waals surface area contributed by atoms with Gasteiger partial charge in [0.2, 0.25) is 0 Å². The molecular weight excluding hydrogens is 216 g/mol. The van der Waals surface area contributed by atoms with Crippen molar-refractivity contribution in [3.05, 3.63) is 34.0 Å². The van der Waals surface area contributed by atoms with E-state index in [4.69, 9.17) is 4.74 Å². The van der Waals surface area contributed by atoms with Gasteiger partial charge in [0.05, 0.1) is 12.2 Å². The van der Waals surface area contributed by atoms with Crippen LogP contribution in [0.5, 0.6) is 0 Å². The third kappa shape index (κ3) is 1.48. The summed E-state index contributed by atoms with van der Waals surface area (Å²) in [7, 11) is 0. The van der Waals surface area contributed by atoms with Crippen molar-refractivity contribution in [1.29, 1.82) is 0 Å². The topological polar surface area (TPSA) is 76.5 Å². The number of rotatable bonds is 2. The summed E-state index contributed by atoms with van der Waals surface area (Å²) in [5.41, 5.74) is 1.03. The summed E-state index contributed by atoms with van der Waals surface area (Å²) >= 11 is 0. The Kier molecular flexibility index (Phi) is 2.47. The number of esters is 1. The molecule has 0 aliphatic heterocycles. The standard InChI is InChI=1S/C10H11N3O3/c1-3-16-10(15)7-4-13-8(6(7)2)9(14)11-5-12-13/h4-5H,3H2,1-2H3,(H,11,12,14)/i2+1,6+1,7+1,10+1,11+1,13+1. The molecule has 0 aliphatic rings. The summed E-state index contributed by atoms with van der Waals surface area (Å²) in [6, 6.07) is 0. The van der Waals surface area contributed by atoms with E-state index < -0.39 is 5.97 Å². The van der Waals surface area contributed by atoms with E-state index in [1.54, 1.807) is 13.8 Å². The minimum absolute atomic E-state index is 0.275. The highest BCUT2D eigenvalue weighted by molar-refractivity contribution is 5.93. The molecule has 16 heavy (non-hydrogen) atoms. The number of carbonyl (C=O) groups excluding carboxylic acids is 1. The Morgan fingerprint density at radius 1 is 1.62 bits per heavy atom. The van der Waals surface area contributed by atoms with E-state index in [9.17, 15) is 9.59 Å². The number of nitrogens with one attached hydrogen (secondary N) is 1. The third-order valence-corrected chi connectivity index (χ3v) is 2.33. The van der Waals surface area contributed by atoms with Gasteiger partial charge in [0.1, 0.15) is 11.8 Å². The molecule has 2 aromatic heterocycles. The number of hydrogen-bond acceptors (Lipinski definition) is 4. The Morgan fingerprint density at radius 2 is 2.38 bits per heavy atom. The lowest BCUT2D eigenvalue weighted by Gasteiger charge is -1.98. The van der Waals surface area contributed by atoms with Gasteiger partial charge < -0.3 is 9.72 Å². The van der Waals surface area contributed by atoms with E-state index in [0.29, 0.717) is 23.3 Å². The van der Waals surface area contributed by atoms with Gasteiger partial charge in [0.25, 0.3) is 5.56 Å². The molecule has 84 valence electrons. The fourth-order valence-electron chi connectivity index (χ4n) is 1.58. The number of aryl methyl sites for hydroxylation is 1. The second-order valence-electron chi connectivity index (χ2n) is 3.30. The lowest BCUT2D eigenvalue weighted by atomic mass is 10.7. The smallest absolute Gasteiger partial charge is 0.340 e. The van der Waals surface area contributed by atoms with Crippen LogP contribution in [0.15, 0.2) is 17.3 Å². The molecule has 0 saturated heterocycles. The minimum atomic E-state index is -0.440. The van der Waals surface area contributed by atoms with Crippen molar-refractivity contribution in [2.75, 3.05) is 6.61 Å². The molecule has 0 fully saturated rings. The molecule has 6 nitrogen and oxygen atoms in total. The number of fused-ring (bicyclic) bond motifs is 1. The maximum Gasteiger partial charge on any atom is 0.340 e. The number of nitrogens with zero attached hydrogens (tertiary/aromatic N) is 2. The summed E-state index contributed by atoms with van der Waals surface area (Å²) in [5.74, 6) is -0.440. The first-order valence-electron chi connectivity index (χ1n) is 4.88. The second-order valence-corrected chi connectivity index (χ2v) is 3.30. The van der Waals surface area contributed by atoms with Crippen molar-refractivity contribution < 1.29 is 9.53 Å². The maximum atomic E-state index is 11.6. The first-order valence-corrected chi connectivity index (χ1v) is 4.88. The summed E-state index contributed by atoms with van der Waals surface area (Å²) in [5, 5.41) is 3.92. The van der Waals surface area contributed by atoms with Crippen LogP contribution >= 0.6 is 0 Å². The summed E-state index contributed by atoms with van der Waals surface area (Å²) < 4.78 is 6.26. The van der Waals surface area contributed by atoms with E-state index in [-0.39, 0.29) is 5.56 Å². The van der Waals surface area contributed by atoms with Crippen LogP contribution in [0.2, 0.25) is 0 Å². The van der Waals surface area contributed by atoms with E-state index >= 15 is 0 Å². The first kappa shape index (κ1) is 10.4. The van der Waals surface area contributed by atoms with Crippen molar-refractivity contribution in [3.8, 4) is 0 Å². The van der Waals surface area contributed by atoms with E-state index in [0.717, 1.165) is 0 Å². The van der Waals surface area contributed by atoms with Gasteiger partial charge >= 0.3 is 5.97 Å². The SMILES string of the molecule is CCO[13C](=O)[13c]1c[15n]2nc[15nH]c(=O)c2[13c]1[13CH3]. The molecule has 2 heterocycles. The molecule has 0 aliphatic carbocycles. The van der Waals surface area contributed by atoms with Crippen LogP contribution in [0.1, 0.15) is 22.8 Å². The highest BCUT2D eigenvalue weighted by Crippen LogP contribution is 2.14. The van der Waals surface area contributed by atoms with Crippen LogP contribution in [0.25, 0.3) is 5.52 Å². The molecule has 0 spiro atoms. The fraction of sp³-hybridized carbons (Fsp3) is 0.300. The van der Waals surface area contributed by atoms with Crippen molar-refractivity contribution in [1.82, 2.24) is 14.6 Å². The number of hydrogen-bond donors (Lipinski definition) is 1. The first-order chi connectivity index (χ1) is 7.65. The van der Waals surface area contributed by atoms with Crippen LogP contribution in [0, 0.1) is 6.92 Å². The van der Waals surface area contributed by atoms with Gasteiger partial charge in [-0.1, -0.05) is 0 Å². The molecule has 0 aromatic carbocycles. The van der Waals surface area contributed by atoms with Crippen molar-refractivity contribution in [2.24, 2.45) is 0 Å². The van der Waals surface area contributed by atoms with E-state index in [1.165, 1.54) is 17.0 Å². The maximum absolute atomic E-state index is 11.6. The Labute approximate surface area is 90.9 Å². The number of carbonyl (C=O) groups is 1. The monoisotopic (exact) mass is 227 g/mol. The van der Waals surface area contributed by atoms with Crippen LogP contribution in [0.3, 0.4) is 0 Å². The summed E-state index contributed by atoms with van der Waals surface area (Å²) in [6.45, 7) is 3.72. The Balaban J connectivity index is 2.65. The molecule has 2 rings (SSSR count). The molecule has 0 radical (unpaired) electrons. The van der Waals surface area contributed by atoms with Gasteiger partial charge in [-0.25, -0.2) is 9.31 Å². The molecule has 0 bridgehead atoms. The molecule has 0 atom stereocenters. The molecule has 2 aromatic rings. The van der Waals surface area contributed by atoms with Crippen LogP contribution < -0.4 is 5.56 Å². The van der Waals surface area contributed by atoms with Gasteiger partial charge in [-0.15, -0.1) is 0 Å². The normalized spacial score (nSPS) is 10.6. The van der Waals surface area contributed by atoms with Crippen molar-refractivity contribution in [3.63, 3.8) is 0 Å². The Hall–Kier alpha value is -2.11. The predicted octanol–water partition coefficient (Wildman–Crippen LogP) is 0.508. The quantitative estimate of drug-likeness (QED) is 0.599. The van der Waals surface area contributed by atoms with E-state index in [2.05, 4.69) is 10.1 Å². The van der Waals surface area contributed by atoms with Gasteiger partial charge in [-0.05, 0) is 19.4 Å². The second kappa shape index (κ2) is 3.80. The Bertz CT molecular complexity index is 597. The van der Waals surface area contributed by atoms with Crippen molar-refractivity contribution in [2.45, 2.75) is 13.8 Å². The zero-order chi connectivity index (χ0) is 11.7. The van der Waals surface area contributed by atoms with Gasteiger partial charge in [0.15, 0.2) is 0 Å². The zero-order valence-corrected chi connectivity index (χ0v) is 8.98.